The number of aromatic nitrogens is 1. The Morgan fingerprint density at radius 3 is 2.75 bits per heavy atom. The summed E-state index contributed by atoms with van der Waals surface area (Å²) in [5, 5.41) is 5.41. The molecular weight excluding hydrogens is 758 g/mol. The molecule has 2 aromatic carbocycles. The van der Waals surface area contributed by atoms with Gasteiger partial charge in [0.1, 0.15) is 18.0 Å². The van der Waals surface area contributed by atoms with Crippen molar-refractivity contribution in [3.63, 3.8) is 0 Å². The molecule has 0 spiro atoms. The van der Waals surface area contributed by atoms with Gasteiger partial charge in [-0.25, -0.2) is 18.1 Å². The average molecular weight is 810 g/mol. The molecule has 4 aliphatic rings. The second kappa shape index (κ2) is 17.0. The number of fused-ring (bicyclic) bond motifs is 3. The number of rotatable bonds is 5. The van der Waals surface area contributed by atoms with E-state index in [0.717, 1.165) is 79.6 Å². The van der Waals surface area contributed by atoms with Crippen LogP contribution >= 0.6 is 22.9 Å². The Morgan fingerprint density at radius 1 is 1.15 bits per heavy atom. The average Bonchev–Trinajstić information content (AvgIpc) is 3.67. The van der Waals surface area contributed by atoms with Crippen LogP contribution in [0.1, 0.15) is 84.7 Å². The maximum absolute atomic E-state index is 14.3. The van der Waals surface area contributed by atoms with Gasteiger partial charge >= 0.3 is 0 Å². The molecule has 1 amide bonds. The Labute approximate surface area is 333 Å². The first-order valence-electron chi connectivity index (χ1n) is 19.4. The normalized spacial score (nSPS) is 29.6. The number of carbonyl (C=O) groups excluding carboxylic acids is 2. The van der Waals surface area contributed by atoms with E-state index in [1.807, 2.05) is 54.9 Å². The smallest absolute Gasteiger partial charge is 0.264 e. The molecule has 3 aliphatic heterocycles. The fourth-order valence-electron chi connectivity index (χ4n) is 8.65. The number of amides is 1. The van der Waals surface area contributed by atoms with E-state index in [1.54, 1.807) is 25.4 Å². The first-order chi connectivity index (χ1) is 26.5. The monoisotopic (exact) mass is 809 g/mol. The van der Waals surface area contributed by atoms with Gasteiger partial charge in [0.25, 0.3) is 5.91 Å². The fourth-order valence-corrected chi connectivity index (χ4v) is 10.7. The molecule has 6 atom stereocenters. The van der Waals surface area contributed by atoms with Crippen molar-refractivity contribution in [1.82, 2.24) is 19.9 Å². The highest BCUT2D eigenvalue weighted by molar-refractivity contribution is 7.90. The number of thiazole rings is 1. The van der Waals surface area contributed by atoms with Crippen LogP contribution in [-0.2, 0) is 39.1 Å². The molecule has 14 heteroatoms. The third-order valence-electron chi connectivity index (χ3n) is 12.3. The number of aryl methyl sites for hydroxylation is 1. The zero-order valence-electron chi connectivity index (χ0n) is 31.8. The Hall–Kier alpha value is -3.33. The van der Waals surface area contributed by atoms with Gasteiger partial charge in [0, 0.05) is 73.8 Å². The highest BCUT2D eigenvalue weighted by Gasteiger charge is 2.47. The zero-order valence-corrected chi connectivity index (χ0v) is 34.2. The topological polar surface area (TPSA) is 130 Å². The van der Waals surface area contributed by atoms with Gasteiger partial charge in [-0.1, -0.05) is 30.7 Å². The van der Waals surface area contributed by atoms with Crippen molar-refractivity contribution >= 4 is 50.8 Å². The van der Waals surface area contributed by atoms with Gasteiger partial charge in [0.05, 0.1) is 28.2 Å². The lowest BCUT2D eigenvalue weighted by Gasteiger charge is -2.47. The van der Waals surface area contributed by atoms with E-state index in [9.17, 15) is 18.0 Å². The molecule has 1 saturated carbocycles. The number of piperazine rings is 1. The minimum atomic E-state index is -4.09. The standard InChI is InChI=1S/C41H52ClN5O6S2/c1-27-7-6-13-41(25-48,52-3)36-12-10-30(36)21-46-15-5-4-8-29-17-33(42)11-9-31(29)23-53-39-35(38-20-43-14-16-47(38)22-34-24-54-26-44-34)18-32(19-37(39)46)40(49)45-55(50,51)28(27)2/h6,9,11,13,17-19,24-28,30,36,38,43H,4-5,7-8,10,12,14-16,20-23H2,1-3H3,(H,45,49)/b13-6+/t27-,28+,30-,36+,38?,41-/m0/s1. The number of anilines is 1. The number of methoxy groups -OCH3 is 1. The molecule has 1 saturated heterocycles. The van der Waals surface area contributed by atoms with Crippen molar-refractivity contribution in [2.75, 3.05) is 44.7 Å². The maximum Gasteiger partial charge on any atom is 0.264 e. The SMILES string of the molecule is CO[C@]1(C=O)/C=C/C[C@H](C)[C@@H](C)S(=O)(=O)NC(=O)c2cc(C3CNCCN3Cc3cscn3)c3c(c2)N(CCCCc2cc(Cl)ccc2CO3)C[C@@H]2CC[C@H]21. The van der Waals surface area contributed by atoms with Crippen LogP contribution in [0.25, 0.3) is 0 Å². The molecule has 1 unspecified atom stereocenters. The molecule has 3 aromatic rings. The predicted octanol–water partition coefficient (Wildman–Crippen LogP) is 6.32. The number of hydrogen-bond donors (Lipinski definition) is 2. The molecule has 296 valence electrons. The predicted molar refractivity (Wildman–Crippen MR) is 216 cm³/mol. The second-order valence-electron chi connectivity index (χ2n) is 15.6. The molecule has 2 N–H and O–H groups in total. The number of halogens is 1. The lowest BCUT2D eigenvalue weighted by atomic mass is 9.64. The molecule has 2 fully saturated rings. The van der Waals surface area contributed by atoms with Crippen LogP contribution in [0.4, 0.5) is 5.69 Å². The number of aldehydes is 1. The third-order valence-corrected chi connectivity index (χ3v) is 15.1. The lowest BCUT2D eigenvalue weighted by molar-refractivity contribution is -0.135. The Bertz CT molecular complexity index is 1990. The molecule has 7 rings (SSSR count). The van der Waals surface area contributed by atoms with Crippen LogP contribution in [-0.4, -0.2) is 81.2 Å². The van der Waals surface area contributed by atoms with E-state index in [2.05, 4.69) is 30.2 Å². The minimum Gasteiger partial charge on any atom is -0.486 e. The number of nitrogens with zero attached hydrogens (tertiary/aromatic N) is 3. The fraction of sp³-hybridized carbons (Fsp3) is 0.537. The van der Waals surface area contributed by atoms with Crippen LogP contribution in [0.5, 0.6) is 5.75 Å². The van der Waals surface area contributed by atoms with Crippen molar-refractivity contribution in [3.8, 4) is 5.75 Å². The van der Waals surface area contributed by atoms with Gasteiger partial charge in [0.2, 0.25) is 10.0 Å². The number of benzene rings is 2. The quantitative estimate of drug-likeness (QED) is 0.223. The van der Waals surface area contributed by atoms with E-state index >= 15 is 0 Å². The summed E-state index contributed by atoms with van der Waals surface area (Å²) >= 11 is 8.05. The molecular formula is C41H52ClN5O6S2. The van der Waals surface area contributed by atoms with E-state index in [4.69, 9.17) is 21.1 Å². The van der Waals surface area contributed by atoms with Gasteiger partial charge in [-0.3, -0.25) is 14.5 Å². The highest BCUT2D eigenvalue weighted by atomic mass is 35.5. The summed E-state index contributed by atoms with van der Waals surface area (Å²) in [6.07, 6.45) is 9.33. The molecule has 2 bridgehead atoms. The van der Waals surface area contributed by atoms with Crippen LogP contribution < -0.4 is 19.7 Å². The molecule has 11 nitrogen and oxygen atoms in total. The summed E-state index contributed by atoms with van der Waals surface area (Å²) in [6, 6.07) is 9.36. The van der Waals surface area contributed by atoms with Crippen molar-refractivity contribution in [3.05, 3.63) is 86.3 Å². The van der Waals surface area contributed by atoms with Crippen LogP contribution in [0.2, 0.25) is 5.02 Å². The third kappa shape index (κ3) is 8.52. The second-order valence-corrected chi connectivity index (χ2v) is 18.8. The van der Waals surface area contributed by atoms with Crippen LogP contribution in [0, 0.1) is 17.8 Å². The molecule has 55 heavy (non-hydrogen) atoms. The van der Waals surface area contributed by atoms with E-state index in [-0.39, 0.29) is 36.0 Å². The summed E-state index contributed by atoms with van der Waals surface area (Å²) in [4.78, 5) is 36.5. The van der Waals surface area contributed by atoms with Crippen molar-refractivity contribution in [2.24, 2.45) is 17.8 Å². The van der Waals surface area contributed by atoms with Crippen molar-refractivity contribution < 1.29 is 27.5 Å². The van der Waals surface area contributed by atoms with Crippen LogP contribution in [0.3, 0.4) is 0 Å². The van der Waals surface area contributed by atoms with Gasteiger partial charge in [-0.15, -0.1) is 11.3 Å². The summed E-state index contributed by atoms with van der Waals surface area (Å²) in [6.45, 7) is 7.75. The summed E-state index contributed by atoms with van der Waals surface area (Å²) < 4.78 is 43.1. The summed E-state index contributed by atoms with van der Waals surface area (Å²) in [7, 11) is -2.51. The number of allylic oxidation sites excluding steroid dienone is 1. The molecule has 1 aromatic heterocycles. The summed E-state index contributed by atoms with van der Waals surface area (Å²) in [5.74, 6) is -0.314. The Kier molecular flexibility index (Phi) is 12.4. The number of hydrogen-bond acceptors (Lipinski definition) is 11. The van der Waals surface area contributed by atoms with E-state index in [1.165, 1.54) is 0 Å². The molecule has 4 heterocycles. The first-order valence-corrected chi connectivity index (χ1v) is 22.3. The zero-order chi connectivity index (χ0) is 38.7. The van der Waals surface area contributed by atoms with E-state index < -0.39 is 26.8 Å². The number of ether oxygens (including phenoxy) is 2. The lowest BCUT2D eigenvalue weighted by Crippen LogP contribution is -2.52. The molecule has 0 radical (unpaired) electrons. The van der Waals surface area contributed by atoms with Crippen molar-refractivity contribution in [2.45, 2.75) is 82.4 Å². The van der Waals surface area contributed by atoms with Gasteiger partial charge in [-0.2, -0.15) is 0 Å². The maximum atomic E-state index is 14.3. The number of carbonyl (C=O) groups is 2. The Balaban J connectivity index is 1.41. The molecule has 1 aliphatic carbocycles. The van der Waals surface area contributed by atoms with Gasteiger partial charge in [-0.05, 0) is 98.8 Å². The minimum absolute atomic E-state index is 0.0772. The van der Waals surface area contributed by atoms with Gasteiger partial charge in [0.15, 0.2) is 6.29 Å². The number of nitrogens with one attached hydrogen (secondary N) is 2. The first kappa shape index (κ1) is 39.9. The Morgan fingerprint density at radius 2 is 2.00 bits per heavy atom. The van der Waals surface area contributed by atoms with E-state index in [0.29, 0.717) is 43.4 Å². The highest BCUT2D eigenvalue weighted by Crippen LogP contribution is 2.47. The largest absolute Gasteiger partial charge is 0.486 e. The summed E-state index contributed by atoms with van der Waals surface area (Å²) in [5.41, 5.74) is 5.64. The van der Waals surface area contributed by atoms with Crippen molar-refractivity contribution in [1.29, 1.82) is 0 Å². The van der Waals surface area contributed by atoms with Crippen LogP contribution in [0.15, 0.2) is 53.4 Å². The van der Waals surface area contributed by atoms with Gasteiger partial charge < -0.3 is 19.7 Å². The number of sulfonamides is 1.